The van der Waals surface area contributed by atoms with Crippen LogP contribution >= 0.6 is 24.8 Å². The maximum absolute atomic E-state index is 3.60. The first kappa shape index (κ1) is 23.5. The van der Waals surface area contributed by atoms with Gasteiger partial charge in [-0.05, 0) is 16.7 Å². The zero-order valence-electron chi connectivity index (χ0n) is 14.8. The second-order valence-electron chi connectivity index (χ2n) is 6.05. The first-order valence-electron chi connectivity index (χ1n) is 8.37. The first-order valence-corrected chi connectivity index (χ1v) is 8.37. The molecule has 3 aromatic rings. The summed E-state index contributed by atoms with van der Waals surface area (Å²) >= 11 is 0. The average molecular weight is 428 g/mol. The zero-order chi connectivity index (χ0) is 16.2. The van der Waals surface area contributed by atoms with Gasteiger partial charge in [-0.25, -0.2) is 11.6 Å². The van der Waals surface area contributed by atoms with Gasteiger partial charge >= 0.3 is 0 Å². The molecule has 0 heterocycles. The van der Waals surface area contributed by atoms with Crippen molar-refractivity contribution in [3.05, 3.63) is 131 Å². The molecular formula is C24H21Cl2Ti-. The molecule has 0 amide bonds. The second kappa shape index (κ2) is 10.7. The number of hydrogen-bond donors (Lipinski definition) is 0. The summed E-state index contributed by atoms with van der Waals surface area (Å²) in [4.78, 5) is 0. The van der Waals surface area contributed by atoms with Crippen molar-refractivity contribution in [3.63, 3.8) is 0 Å². The van der Waals surface area contributed by atoms with Crippen LogP contribution in [0.2, 0.25) is 0 Å². The molecule has 0 N–H and O–H groups in total. The third kappa shape index (κ3) is 4.31. The van der Waals surface area contributed by atoms with Crippen LogP contribution in [0.1, 0.15) is 23.1 Å². The van der Waals surface area contributed by atoms with Crippen LogP contribution in [0.5, 0.6) is 0 Å². The molecule has 3 heteroatoms. The Kier molecular flexibility index (Phi) is 9.29. The van der Waals surface area contributed by atoms with Gasteiger partial charge in [0.1, 0.15) is 0 Å². The molecule has 1 aliphatic rings. The molecule has 0 aliphatic heterocycles. The Morgan fingerprint density at radius 1 is 0.593 bits per heavy atom. The summed E-state index contributed by atoms with van der Waals surface area (Å²) in [6.45, 7) is 0. The Balaban J connectivity index is 0.00000121. The van der Waals surface area contributed by atoms with Gasteiger partial charge in [-0.2, -0.15) is 6.08 Å². The smallest absolute Gasteiger partial charge is 0.0371 e. The van der Waals surface area contributed by atoms with Gasteiger partial charge in [-0.3, -0.25) is 6.08 Å². The van der Waals surface area contributed by atoms with E-state index >= 15 is 0 Å². The molecule has 1 aliphatic carbocycles. The average Bonchev–Trinajstić information content (AvgIpc) is 3.20. The SMILES string of the molecule is Cl.Cl.[C-]1=C(C(c2ccccc2)(c2ccccc2)c2ccccc2)C=CC1.[Ti]. The van der Waals surface area contributed by atoms with Crippen molar-refractivity contribution in [1.82, 2.24) is 0 Å². The van der Waals surface area contributed by atoms with E-state index in [1.54, 1.807) is 0 Å². The molecule has 0 saturated heterocycles. The molecule has 0 saturated carbocycles. The zero-order valence-corrected chi connectivity index (χ0v) is 18.0. The van der Waals surface area contributed by atoms with Gasteiger partial charge in [-0.1, -0.05) is 91.0 Å². The van der Waals surface area contributed by atoms with Crippen molar-refractivity contribution in [2.75, 3.05) is 0 Å². The first-order chi connectivity index (χ1) is 11.9. The van der Waals surface area contributed by atoms with E-state index in [0.29, 0.717) is 0 Å². The fourth-order valence-electron chi connectivity index (χ4n) is 3.69. The van der Waals surface area contributed by atoms with Gasteiger partial charge in [0.05, 0.1) is 0 Å². The number of rotatable bonds is 4. The van der Waals surface area contributed by atoms with Gasteiger partial charge in [-0.15, -0.1) is 31.2 Å². The quantitative estimate of drug-likeness (QED) is 0.251. The fraction of sp³-hybridized carbons (Fsp3) is 0.0833. The number of benzene rings is 3. The topological polar surface area (TPSA) is 0 Å². The number of halogens is 2. The third-order valence-corrected chi connectivity index (χ3v) is 4.72. The van der Waals surface area contributed by atoms with Gasteiger partial charge in [0.15, 0.2) is 0 Å². The molecule has 0 aromatic heterocycles. The molecular weight excluding hydrogens is 407 g/mol. The predicted octanol–water partition coefficient (Wildman–Crippen LogP) is 6.55. The normalized spacial score (nSPS) is 12.2. The summed E-state index contributed by atoms with van der Waals surface area (Å²) in [5.74, 6) is 0. The van der Waals surface area contributed by atoms with Crippen LogP contribution in [0, 0.1) is 6.08 Å². The number of allylic oxidation sites excluding steroid dienone is 4. The summed E-state index contributed by atoms with van der Waals surface area (Å²) < 4.78 is 0. The minimum atomic E-state index is -0.323. The van der Waals surface area contributed by atoms with Crippen LogP contribution in [0.25, 0.3) is 0 Å². The van der Waals surface area contributed by atoms with Gasteiger partial charge in [0, 0.05) is 27.1 Å². The Hall–Kier alpha value is -1.57. The standard InChI is InChI=1S/C24H19.2ClH.Ti/c1-4-12-20(13-5-1)24(23-18-10-11-19-23,21-14-6-2-7-15-21)22-16-8-3-9-17-22;;;/h1-10,12-18H,11H2;2*1H;/q-1;;;. The molecule has 0 nitrogen and oxygen atoms in total. The largest absolute Gasteiger partial charge is 0.268 e. The summed E-state index contributed by atoms with van der Waals surface area (Å²) in [5, 5.41) is 0. The third-order valence-electron chi connectivity index (χ3n) is 4.72. The second-order valence-corrected chi connectivity index (χ2v) is 6.05. The Morgan fingerprint density at radius 3 is 1.26 bits per heavy atom. The van der Waals surface area contributed by atoms with E-state index in [2.05, 4.69) is 109 Å². The van der Waals surface area contributed by atoms with Crippen LogP contribution in [-0.2, 0) is 27.1 Å². The van der Waals surface area contributed by atoms with Crippen LogP contribution in [0.3, 0.4) is 0 Å². The Bertz CT molecular complexity index is 775. The molecule has 27 heavy (non-hydrogen) atoms. The van der Waals surface area contributed by atoms with Crippen molar-refractivity contribution < 1.29 is 21.7 Å². The molecule has 0 atom stereocenters. The van der Waals surface area contributed by atoms with E-state index in [1.807, 2.05) is 0 Å². The van der Waals surface area contributed by atoms with Crippen molar-refractivity contribution in [1.29, 1.82) is 0 Å². The minimum Gasteiger partial charge on any atom is -0.268 e. The Morgan fingerprint density at radius 2 is 0.963 bits per heavy atom. The van der Waals surface area contributed by atoms with Crippen molar-refractivity contribution in [3.8, 4) is 0 Å². The molecule has 136 valence electrons. The molecule has 3 aromatic carbocycles. The fourth-order valence-corrected chi connectivity index (χ4v) is 3.69. The maximum Gasteiger partial charge on any atom is 0.0371 e. The van der Waals surface area contributed by atoms with Crippen LogP contribution in [0.15, 0.2) is 109 Å². The van der Waals surface area contributed by atoms with Crippen molar-refractivity contribution in [2.24, 2.45) is 0 Å². The van der Waals surface area contributed by atoms with E-state index in [-0.39, 0.29) is 51.9 Å². The molecule has 0 fully saturated rings. The maximum atomic E-state index is 3.60. The Labute approximate surface area is 189 Å². The molecule has 0 bridgehead atoms. The van der Waals surface area contributed by atoms with E-state index in [9.17, 15) is 0 Å². The predicted molar refractivity (Wildman–Crippen MR) is 114 cm³/mol. The molecule has 0 spiro atoms. The summed E-state index contributed by atoms with van der Waals surface area (Å²) in [6, 6.07) is 32.3. The summed E-state index contributed by atoms with van der Waals surface area (Å²) in [7, 11) is 0. The van der Waals surface area contributed by atoms with Crippen molar-refractivity contribution in [2.45, 2.75) is 11.8 Å². The van der Waals surface area contributed by atoms with E-state index in [0.717, 1.165) is 6.42 Å². The summed E-state index contributed by atoms with van der Waals surface area (Å²) in [6.07, 6.45) is 8.90. The van der Waals surface area contributed by atoms with Gasteiger partial charge in [0.2, 0.25) is 0 Å². The monoisotopic (exact) mass is 427 g/mol. The van der Waals surface area contributed by atoms with Crippen LogP contribution in [0.4, 0.5) is 0 Å². The van der Waals surface area contributed by atoms with E-state index in [4.69, 9.17) is 0 Å². The van der Waals surface area contributed by atoms with E-state index < -0.39 is 0 Å². The number of hydrogen-bond acceptors (Lipinski definition) is 0. The van der Waals surface area contributed by atoms with Crippen LogP contribution < -0.4 is 0 Å². The summed E-state index contributed by atoms with van der Waals surface area (Å²) in [5.41, 5.74) is 4.73. The van der Waals surface area contributed by atoms with Gasteiger partial charge < -0.3 is 0 Å². The molecule has 0 radical (unpaired) electrons. The molecule has 0 unspecified atom stereocenters. The van der Waals surface area contributed by atoms with Gasteiger partial charge in [0.25, 0.3) is 0 Å². The van der Waals surface area contributed by atoms with Crippen LogP contribution in [-0.4, -0.2) is 0 Å². The van der Waals surface area contributed by atoms with E-state index in [1.165, 1.54) is 22.3 Å². The minimum absolute atomic E-state index is 0. The molecule has 4 rings (SSSR count). The van der Waals surface area contributed by atoms with Crippen molar-refractivity contribution >= 4 is 24.8 Å².